The second-order valence-electron chi connectivity index (χ2n) is 5.01. The van der Waals surface area contributed by atoms with E-state index in [4.69, 9.17) is 4.74 Å². The third kappa shape index (κ3) is 3.80. The Morgan fingerprint density at radius 2 is 2.44 bits per heavy atom. The zero-order valence-corrected chi connectivity index (χ0v) is 13.6. The third-order valence-corrected chi connectivity index (χ3v) is 5.86. The molecule has 0 aromatic carbocycles. The van der Waals surface area contributed by atoms with Gasteiger partial charge in [-0.2, -0.15) is 0 Å². The van der Waals surface area contributed by atoms with E-state index in [1.165, 1.54) is 46.3 Å². The van der Waals surface area contributed by atoms with E-state index in [0.29, 0.717) is 12.1 Å². The SMILES string of the molecule is CNC(CCCC1CCCO1)c1cc(C)c(Br)s1. The molecule has 0 amide bonds. The number of thiophene rings is 1. The smallest absolute Gasteiger partial charge is 0.0731 e. The van der Waals surface area contributed by atoms with E-state index < -0.39 is 0 Å². The van der Waals surface area contributed by atoms with E-state index in [1.54, 1.807) is 0 Å². The second kappa shape index (κ2) is 7.04. The minimum Gasteiger partial charge on any atom is -0.378 e. The number of rotatable bonds is 6. The Balaban J connectivity index is 1.81. The third-order valence-electron chi connectivity index (χ3n) is 3.61. The van der Waals surface area contributed by atoms with Gasteiger partial charge in [0.25, 0.3) is 0 Å². The Labute approximate surface area is 122 Å². The fourth-order valence-corrected chi connectivity index (χ4v) is 4.22. The van der Waals surface area contributed by atoms with Gasteiger partial charge in [0.15, 0.2) is 0 Å². The average molecular weight is 332 g/mol. The van der Waals surface area contributed by atoms with Crippen molar-refractivity contribution in [3.63, 3.8) is 0 Å². The maximum atomic E-state index is 5.67. The lowest BCUT2D eigenvalue weighted by Gasteiger charge is -2.15. The zero-order chi connectivity index (χ0) is 13.0. The molecule has 0 saturated carbocycles. The molecule has 2 atom stereocenters. The summed E-state index contributed by atoms with van der Waals surface area (Å²) in [6.07, 6.45) is 6.68. The molecule has 18 heavy (non-hydrogen) atoms. The van der Waals surface area contributed by atoms with Crippen LogP contribution in [0.15, 0.2) is 9.85 Å². The van der Waals surface area contributed by atoms with Crippen LogP contribution >= 0.6 is 27.3 Å². The molecule has 2 unspecified atom stereocenters. The minimum absolute atomic E-state index is 0.487. The average Bonchev–Trinajstić information content (AvgIpc) is 2.96. The molecule has 0 bridgehead atoms. The van der Waals surface area contributed by atoms with Crippen molar-refractivity contribution in [3.8, 4) is 0 Å². The van der Waals surface area contributed by atoms with Gasteiger partial charge in [-0.05, 0) is 73.6 Å². The van der Waals surface area contributed by atoms with Crippen LogP contribution in [0, 0.1) is 6.92 Å². The highest BCUT2D eigenvalue weighted by Gasteiger charge is 2.17. The Hall–Kier alpha value is 0.1000. The molecule has 1 aromatic heterocycles. The van der Waals surface area contributed by atoms with Crippen molar-refractivity contribution < 1.29 is 4.74 Å². The van der Waals surface area contributed by atoms with Gasteiger partial charge in [0.1, 0.15) is 0 Å². The van der Waals surface area contributed by atoms with Crippen molar-refractivity contribution in [2.24, 2.45) is 0 Å². The van der Waals surface area contributed by atoms with E-state index in [2.05, 4.69) is 41.3 Å². The van der Waals surface area contributed by atoms with Crippen molar-refractivity contribution >= 4 is 27.3 Å². The summed E-state index contributed by atoms with van der Waals surface area (Å²) >= 11 is 5.46. The number of halogens is 1. The molecular formula is C14H22BrNOS. The first-order valence-corrected chi connectivity index (χ1v) is 8.36. The predicted octanol–water partition coefficient (Wildman–Crippen LogP) is 4.43. The topological polar surface area (TPSA) is 21.3 Å². The number of hydrogen-bond acceptors (Lipinski definition) is 3. The van der Waals surface area contributed by atoms with Gasteiger partial charge < -0.3 is 10.1 Å². The molecule has 2 rings (SSSR count). The fraction of sp³-hybridized carbons (Fsp3) is 0.714. The van der Waals surface area contributed by atoms with Gasteiger partial charge in [-0.3, -0.25) is 0 Å². The number of nitrogens with one attached hydrogen (secondary N) is 1. The van der Waals surface area contributed by atoms with E-state index in [-0.39, 0.29) is 0 Å². The van der Waals surface area contributed by atoms with Crippen LogP contribution in [0.4, 0.5) is 0 Å². The maximum Gasteiger partial charge on any atom is 0.0731 e. The predicted molar refractivity (Wildman–Crippen MR) is 81.4 cm³/mol. The highest BCUT2D eigenvalue weighted by molar-refractivity contribution is 9.11. The summed E-state index contributed by atoms with van der Waals surface area (Å²) < 4.78 is 6.93. The Bertz CT molecular complexity index is 354. The second-order valence-corrected chi connectivity index (χ2v) is 7.41. The molecule has 2 nitrogen and oxygen atoms in total. The molecular weight excluding hydrogens is 310 g/mol. The van der Waals surface area contributed by atoms with Gasteiger partial charge in [0.05, 0.1) is 9.89 Å². The fourth-order valence-electron chi connectivity index (χ4n) is 2.51. The van der Waals surface area contributed by atoms with E-state index >= 15 is 0 Å². The van der Waals surface area contributed by atoms with E-state index in [0.717, 1.165) is 6.61 Å². The van der Waals surface area contributed by atoms with Gasteiger partial charge in [0.2, 0.25) is 0 Å². The van der Waals surface area contributed by atoms with Crippen LogP contribution in [-0.4, -0.2) is 19.8 Å². The van der Waals surface area contributed by atoms with Crippen LogP contribution in [0.25, 0.3) is 0 Å². The number of hydrogen-bond donors (Lipinski definition) is 1. The Kier molecular flexibility index (Phi) is 5.67. The quantitative estimate of drug-likeness (QED) is 0.832. The first-order valence-electron chi connectivity index (χ1n) is 6.75. The molecule has 102 valence electrons. The lowest BCUT2D eigenvalue weighted by molar-refractivity contribution is 0.101. The molecule has 4 heteroatoms. The van der Waals surface area contributed by atoms with E-state index in [1.807, 2.05) is 11.3 Å². The van der Waals surface area contributed by atoms with Crippen molar-refractivity contribution in [3.05, 3.63) is 20.3 Å². The first kappa shape index (κ1) is 14.5. The molecule has 1 saturated heterocycles. The van der Waals surface area contributed by atoms with Gasteiger partial charge in [0, 0.05) is 17.5 Å². The standard InChI is InChI=1S/C14H22BrNOS/c1-10-9-13(18-14(10)15)12(16-2)7-3-5-11-6-4-8-17-11/h9,11-12,16H,3-8H2,1-2H3. The summed E-state index contributed by atoms with van der Waals surface area (Å²) in [7, 11) is 2.06. The summed E-state index contributed by atoms with van der Waals surface area (Å²) in [5, 5.41) is 3.43. The van der Waals surface area contributed by atoms with Gasteiger partial charge in [-0.15, -0.1) is 11.3 Å². The highest BCUT2D eigenvalue weighted by atomic mass is 79.9. The summed E-state index contributed by atoms with van der Waals surface area (Å²) in [6.45, 7) is 3.13. The summed E-state index contributed by atoms with van der Waals surface area (Å²) in [5.41, 5.74) is 1.34. The molecule has 0 aliphatic carbocycles. The molecule has 1 fully saturated rings. The van der Waals surface area contributed by atoms with Crippen molar-refractivity contribution in [2.75, 3.05) is 13.7 Å². The molecule has 0 radical (unpaired) electrons. The number of ether oxygens (including phenoxy) is 1. The lowest BCUT2D eigenvalue weighted by atomic mass is 10.0. The Morgan fingerprint density at radius 1 is 1.61 bits per heavy atom. The summed E-state index contributed by atoms with van der Waals surface area (Å²) in [4.78, 5) is 1.44. The zero-order valence-electron chi connectivity index (χ0n) is 11.2. The summed E-state index contributed by atoms with van der Waals surface area (Å²) in [5.74, 6) is 0. The number of aryl methyl sites for hydroxylation is 1. The molecule has 2 heterocycles. The first-order chi connectivity index (χ1) is 8.70. The minimum atomic E-state index is 0.487. The van der Waals surface area contributed by atoms with Crippen LogP contribution in [0.1, 0.15) is 48.6 Å². The summed E-state index contributed by atoms with van der Waals surface area (Å²) in [6, 6.07) is 2.78. The van der Waals surface area contributed by atoms with Crippen LogP contribution in [0.5, 0.6) is 0 Å². The lowest BCUT2D eigenvalue weighted by Crippen LogP contribution is -2.16. The van der Waals surface area contributed by atoms with Crippen LogP contribution in [0.3, 0.4) is 0 Å². The van der Waals surface area contributed by atoms with Gasteiger partial charge in [-0.1, -0.05) is 0 Å². The molecule has 1 aliphatic heterocycles. The molecule has 1 aromatic rings. The van der Waals surface area contributed by atoms with Crippen LogP contribution < -0.4 is 5.32 Å². The highest BCUT2D eigenvalue weighted by Crippen LogP contribution is 2.33. The molecule has 1 N–H and O–H groups in total. The van der Waals surface area contributed by atoms with Crippen molar-refractivity contribution in [2.45, 2.75) is 51.2 Å². The Morgan fingerprint density at radius 3 is 3.00 bits per heavy atom. The maximum absolute atomic E-state index is 5.67. The van der Waals surface area contributed by atoms with Crippen molar-refractivity contribution in [1.82, 2.24) is 5.32 Å². The monoisotopic (exact) mass is 331 g/mol. The van der Waals surface area contributed by atoms with Gasteiger partial charge >= 0.3 is 0 Å². The molecule has 1 aliphatic rings. The van der Waals surface area contributed by atoms with E-state index in [9.17, 15) is 0 Å². The largest absolute Gasteiger partial charge is 0.378 e. The van der Waals surface area contributed by atoms with Gasteiger partial charge in [-0.25, -0.2) is 0 Å². The van der Waals surface area contributed by atoms with Crippen LogP contribution in [0.2, 0.25) is 0 Å². The van der Waals surface area contributed by atoms with Crippen molar-refractivity contribution in [1.29, 1.82) is 0 Å². The van der Waals surface area contributed by atoms with Crippen LogP contribution in [-0.2, 0) is 4.74 Å². The molecule has 0 spiro atoms. The normalized spacial score (nSPS) is 21.4.